The van der Waals surface area contributed by atoms with Gasteiger partial charge in [-0.1, -0.05) is 6.07 Å². The maximum absolute atomic E-state index is 13.5. The summed E-state index contributed by atoms with van der Waals surface area (Å²) < 4.78 is 15.4. The van der Waals surface area contributed by atoms with E-state index in [1.54, 1.807) is 18.5 Å². The lowest BCUT2D eigenvalue weighted by molar-refractivity contribution is 0.102. The van der Waals surface area contributed by atoms with E-state index in [1.807, 2.05) is 36.7 Å². The first kappa shape index (κ1) is 23.9. The minimum Gasteiger partial charge on any atom is -0.333 e. The van der Waals surface area contributed by atoms with Crippen LogP contribution in [-0.4, -0.2) is 55.4 Å². The number of aromatic nitrogens is 5. The van der Waals surface area contributed by atoms with Crippen molar-refractivity contribution in [1.82, 2.24) is 29.4 Å². The van der Waals surface area contributed by atoms with Gasteiger partial charge in [-0.15, -0.1) is 0 Å². The van der Waals surface area contributed by atoms with Crippen LogP contribution >= 0.6 is 0 Å². The first-order chi connectivity index (χ1) is 17.4. The van der Waals surface area contributed by atoms with Crippen LogP contribution in [0, 0.1) is 5.82 Å². The van der Waals surface area contributed by atoms with Crippen molar-refractivity contribution in [3.8, 4) is 22.8 Å². The molecule has 1 saturated heterocycles. The standard InChI is InChI=1S/C27H30FN7O/c1-17(2)35-16-31-24(19-4-7-21(28)8-5-19)25(35)26-30-15-22(32-26)27(36)33-23-9-6-20(14-29-23)18-10-12-34(3)13-11-18/h4-9,14-18H,10-13H2,1-3H3,(H,30,32)(H,29,33,36). The van der Waals surface area contributed by atoms with Gasteiger partial charge in [-0.05, 0) is 88.6 Å². The summed E-state index contributed by atoms with van der Waals surface area (Å²) in [5.74, 6) is 0.874. The molecular formula is C27H30FN7O. The van der Waals surface area contributed by atoms with Gasteiger partial charge >= 0.3 is 0 Å². The van der Waals surface area contributed by atoms with Gasteiger partial charge in [0, 0.05) is 17.8 Å². The molecule has 1 aliphatic rings. The zero-order valence-corrected chi connectivity index (χ0v) is 20.7. The fourth-order valence-electron chi connectivity index (χ4n) is 4.61. The summed E-state index contributed by atoms with van der Waals surface area (Å²) in [4.78, 5) is 31.9. The van der Waals surface area contributed by atoms with Crippen molar-refractivity contribution >= 4 is 11.7 Å². The molecule has 0 unspecified atom stereocenters. The van der Waals surface area contributed by atoms with Crippen LogP contribution in [0.3, 0.4) is 0 Å². The summed E-state index contributed by atoms with van der Waals surface area (Å²) in [6, 6.07) is 10.2. The highest BCUT2D eigenvalue weighted by Gasteiger charge is 2.22. The molecule has 1 amide bonds. The fourth-order valence-corrected chi connectivity index (χ4v) is 4.61. The maximum Gasteiger partial charge on any atom is 0.274 e. The molecule has 2 N–H and O–H groups in total. The van der Waals surface area contributed by atoms with Gasteiger partial charge < -0.3 is 19.8 Å². The molecule has 0 bridgehead atoms. The van der Waals surface area contributed by atoms with Crippen LogP contribution in [0.5, 0.6) is 0 Å². The zero-order chi connectivity index (χ0) is 25.2. The van der Waals surface area contributed by atoms with Gasteiger partial charge in [0.15, 0.2) is 5.82 Å². The number of piperidine rings is 1. The van der Waals surface area contributed by atoms with Crippen LogP contribution in [0.4, 0.5) is 10.2 Å². The fraction of sp³-hybridized carbons (Fsp3) is 0.333. The Bertz CT molecular complexity index is 1330. The molecule has 4 aromatic rings. The smallest absolute Gasteiger partial charge is 0.274 e. The van der Waals surface area contributed by atoms with Crippen molar-refractivity contribution in [3.63, 3.8) is 0 Å². The van der Waals surface area contributed by atoms with Crippen molar-refractivity contribution in [3.05, 3.63) is 72.2 Å². The molecule has 9 heteroatoms. The third kappa shape index (κ3) is 4.92. The van der Waals surface area contributed by atoms with Crippen molar-refractivity contribution in [2.75, 3.05) is 25.5 Å². The molecule has 0 saturated carbocycles. The summed E-state index contributed by atoms with van der Waals surface area (Å²) in [5, 5.41) is 2.85. The highest BCUT2D eigenvalue weighted by Crippen LogP contribution is 2.32. The van der Waals surface area contributed by atoms with Gasteiger partial charge in [-0.2, -0.15) is 0 Å². The molecule has 186 valence electrons. The van der Waals surface area contributed by atoms with E-state index in [1.165, 1.54) is 23.9 Å². The molecular weight excluding hydrogens is 457 g/mol. The largest absolute Gasteiger partial charge is 0.333 e. The number of carbonyl (C=O) groups is 1. The Hall–Kier alpha value is -3.85. The average molecular weight is 488 g/mol. The number of carbonyl (C=O) groups excluding carboxylic acids is 1. The van der Waals surface area contributed by atoms with E-state index in [2.05, 4.69) is 37.2 Å². The molecule has 36 heavy (non-hydrogen) atoms. The number of imidazole rings is 2. The number of nitrogens with zero attached hydrogens (tertiary/aromatic N) is 5. The highest BCUT2D eigenvalue weighted by molar-refractivity contribution is 6.02. The Labute approximate surface area is 209 Å². The molecule has 0 radical (unpaired) electrons. The molecule has 1 aromatic carbocycles. The molecule has 3 aromatic heterocycles. The van der Waals surface area contributed by atoms with Crippen LogP contribution < -0.4 is 5.32 Å². The lowest BCUT2D eigenvalue weighted by atomic mass is 9.91. The zero-order valence-electron chi connectivity index (χ0n) is 20.7. The number of halogens is 1. The van der Waals surface area contributed by atoms with Crippen LogP contribution in [-0.2, 0) is 0 Å². The van der Waals surface area contributed by atoms with E-state index < -0.39 is 0 Å². The van der Waals surface area contributed by atoms with E-state index in [0.29, 0.717) is 28.9 Å². The molecule has 0 spiro atoms. The van der Waals surface area contributed by atoms with E-state index in [4.69, 9.17) is 0 Å². The van der Waals surface area contributed by atoms with Gasteiger partial charge in [-0.3, -0.25) is 4.79 Å². The number of pyridine rings is 1. The van der Waals surface area contributed by atoms with Crippen LogP contribution in [0.25, 0.3) is 22.8 Å². The Morgan fingerprint density at radius 3 is 2.47 bits per heavy atom. The van der Waals surface area contributed by atoms with E-state index in [0.717, 1.165) is 37.2 Å². The van der Waals surface area contributed by atoms with E-state index >= 15 is 0 Å². The number of nitrogens with one attached hydrogen (secondary N) is 2. The van der Waals surface area contributed by atoms with Crippen LogP contribution in [0.2, 0.25) is 0 Å². The number of hydrogen-bond acceptors (Lipinski definition) is 5. The number of aromatic amines is 1. The molecule has 8 nitrogen and oxygen atoms in total. The van der Waals surface area contributed by atoms with Gasteiger partial charge in [0.1, 0.15) is 23.0 Å². The Balaban J connectivity index is 1.34. The second-order valence-electron chi connectivity index (χ2n) is 9.60. The number of anilines is 1. The van der Waals surface area contributed by atoms with Crippen molar-refractivity contribution in [2.24, 2.45) is 0 Å². The molecule has 1 fully saturated rings. The second-order valence-corrected chi connectivity index (χ2v) is 9.60. The number of benzene rings is 1. The third-order valence-corrected chi connectivity index (χ3v) is 6.73. The summed E-state index contributed by atoms with van der Waals surface area (Å²) in [7, 11) is 2.15. The molecule has 0 aliphatic carbocycles. The summed E-state index contributed by atoms with van der Waals surface area (Å²) in [6.07, 6.45) is 7.34. The summed E-state index contributed by atoms with van der Waals surface area (Å²) in [6.45, 7) is 6.25. The van der Waals surface area contributed by atoms with Gasteiger partial charge in [0.25, 0.3) is 5.91 Å². The average Bonchev–Trinajstić information content (AvgIpc) is 3.53. The SMILES string of the molecule is CC(C)n1cnc(-c2ccc(F)cc2)c1-c1ncc(C(=O)Nc2ccc(C3CCN(C)CC3)cn2)[nH]1. The van der Waals surface area contributed by atoms with Crippen molar-refractivity contribution < 1.29 is 9.18 Å². The van der Waals surface area contributed by atoms with Crippen molar-refractivity contribution in [1.29, 1.82) is 0 Å². The van der Waals surface area contributed by atoms with Gasteiger partial charge in [0.2, 0.25) is 0 Å². The van der Waals surface area contributed by atoms with Crippen molar-refractivity contribution in [2.45, 2.75) is 38.6 Å². The van der Waals surface area contributed by atoms with E-state index in [-0.39, 0.29) is 17.8 Å². The minimum atomic E-state index is -0.327. The lowest BCUT2D eigenvalue weighted by Gasteiger charge is -2.29. The number of hydrogen-bond donors (Lipinski definition) is 2. The molecule has 5 rings (SSSR count). The highest BCUT2D eigenvalue weighted by atomic mass is 19.1. The normalized spacial score (nSPS) is 14.9. The van der Waals surface area contributed by atoms with Gasteiger partial charge in [-0.25, -0.2) is 19.3 Å². The number of likely N-dealkylation sites (tertiary alicyclic amines) is 1. The summed E-state index contributed by atoms with van der Waals surface area (Å²) >= 11 is 0. The molecule has 1 aliphatic heterocycles. The van der Waals surface area contributed by atoms with Crippen LogP contribution in [0.1, 0.15) is 54.7 Å². The topological polar surface area (TPSA) is 91.7 Å². The number of rotatable bonds is 6. The molecule has 0 atom stereocenters. The molecule has 4 heterocycles. The minimum absolute atomic E-state index is 0.108. The third-order valence-electron chi connectivity index (χ3n) is 6.73. The summed E-state index contributed by atoms with van der Waals surface area (Å²) in [5.41, 5.74) is 3.68. The van der Waals surface area contributed by atoms with E-state index in [9.17, 15) is 9.18 Å². The number of amides is 1. The maximum atomic E-state index is 13.5. The Kier molecular flexibility index (Phi) is 6.65. The first-order valence-corrected chi connectivity index (χ1v) is 12.2. The van der Waals surface area contributed by atoms with Crippen LogP contribution in [0.15, 0.2) is 55.1 Å². The Morgan fingerprint density at radius 1 is 1.06 bits per heavy atom. The Morgan fingerprint density at radius 2 is 1.81 bits per heavy atom. The predicted molar refractivity (Wildman–Crippen MR) is 137 cm³/mol. The quantitative estimate of drug-likeness (QED) is 0.394. The first-order valence-electron chi connectivity index (χ1n) is 12.2. The number of H-pyrrole nitrogens is 1. The lowest BCUT2D eigenvalue weighted by Crippen LogP contribution is -2.29. The second kappa shape index (κ2) is 10.0. The monoisotopic (exact) mass is 487 g/mol. The predicted octanol–water partition coefficient (Wildman–Crippen LogP) is 5.12. The van der Waals surface area contributed by atoms with Gasteiger partial charge in [0.05, 0.1) is 18.2 Å².